The molecule has 0 aliphatic heterocycles. The molecule has 0 aliphatic carbocycles. The monoisotopic (exact) mass is 420 g/mol. The van der Waals surface area contributed by atoms with Gasteiger partial charge < -0.3 is 10.6 Å². The summed E-state index contributed by atoms with van der Waals surface area (Å²) in [7, 11) is 0. The number of hydrogen-bond donors (Lipinski definition) is 4. The number of carbonyl (C=O) groups excluding carboxylic acids is 2. The molecule has 152 valence electrons. The molecule has 2 heterocycles. The Morgan fingerprint density at radius 3 is 2.59 bits per heavy atom. The fraction of sp³-hybridized carbons (Fsp3) is 0.222. The number of halogens is 2. The van der Waals surface area contributed by atoms with Crippen LogP contribution in [-0.4, -0.2) is 33.5 Å². The molecule has 3 aromatic rings. The van der Waals surface area contributed by atoms with Gasteiger partial charge in [-0.2, -0.15) is 5.10 Å². The molecule has 2 amide bonds. The molecule has 0 spiro atoms. The maximum absolute atomic E-state index is 13.8. The highest BCUT2D eigenvalue weighted by Crippen LogP contribution is 2.24. The molecule has 29 heavy (non-hydrogen) atoms. The fourth-order valence-corrected chi connectivity index (χ4v) is 3.42. The lowest BCUT2D eigenvalue weighted by Crippen LogP contribution is -2.19. The van der Waals surface area contributed by atoms with E-state index in [9.17, 15) is 18.4 Å². The molecule has 0 fully saturated rings. The Kier molecular flexibility index (Phi) is 6.29. The third-order valence-electron chi connectivity index (χ3n) is 3.95. The van der Waals surface area contributed by atoms with Crippen LogP contribution in [-0.2, 0) is 6.54 Å². The Hall–Kier alpha value is -3.18. The summed E-state index contributed by atoms with van der Waals surface area (Å²) in [5.74, 6) is -3.66. The molecule has 3 rings (SSSR count). The maximum atomic E-state index is 13.8. The summed E-state index contributed by atoms with van der Waals surface area (Å²) < 4.78 is 27.6. The van der Waals surface area contributed by atoms with E-state index in [4.69, 9.17) is 0 Å². The molecular formula is C18H18F2N6O2S. The van der Waals surface area contributed by atoms with Crippen LogP contribution in [0.5, 0.6) is 0 Å². The Morgan fingerprint density at radius 1 is 1.17 bits per heavy atom. The van der Waals surface area contributed by atoms with Crippen molar-refractivity contribution in [1.29, 1.82) is 0 Å². The van der Waals surface area contributed by atoms with Crippen LogP contribution in [0.15, 0.2) is 24.4 Å². The Bertz CT molecular complexity index is 1030. The van der Waals surface area contributed by atoms with Gasteiger partial charge in [0, 0.05) is 11.4 Å². The molecule has 0 bridgehead atoms. The van der Waals surface area contributed by atoms with E-state index in [1.54, 1.807) is 0 Å². The number of amides is 2. The zero-order chi connectivity index (χ0) is 21.0. The van der Waals surface area contributed by atoms with Crippen molar-refractivity contribution < 1.29 is 18.4 Å². The minimum Gasteiger partial charge on any atom is -0.318 e. The summed E-state index contributed by atoms with van der Waals surface area (Å²) >= 11 is 1.32. The number of hydrogen-bond acceptors (Lipinski definition) is 6. The van der Waals surface area contributed by atoms with Crippen LogP contribution < -0.4 is 16.0 Å². The lowest BCUT2D eigenvalue weighted by atomic mass is 10.2. The largest absolute Gasteiger partial charge is 0.318 e. The molecule has 11 heteroatoms. The second kappa shape index (κ2) is 8.88. The highest BCUT2D eigenvalue weighted by Gasteiger charge is 2.22. The molecule has 2 aromatic heterocycles. The summed E-state index contributed by atoms with van der Waals surface area (Å²) in [6.45, 7) is 5.26. The summed E-state index contributed by atoms with van der Waals surface area (Å²) in [6, 6.07) is 3.09. The molecule has 0 atom stereocenters. The van der Waals surface area contributed by atoms with E-state index in [2.05, 4.69) is 31.1 Å². The standard InChI is InChI=1S/C18H18F2N6O2S/c1-3-21-8-13-9(2)23-18(29-13)25-17(28)15-12(7-22-26-15)24-16(27)14-10(19)5-4-6-11(14)20/h4-7,21H,3,8H2,1-2H3,(H,22,26)(H,24,27)(H,23,25,28). The first-order valence-corrected chi connectivity index (χ1v) is 9.49. The predicted molar refractivity (Wildman–Crippen MR) is 105 cm³/mol. The molecule has 4 N–H and O–H groups in total. The topological polar surface area (TPSA) is 112 Å². The van der Waals surface area contributed by atoms with Crippen LogP contribution in [0.1, 0.15) is 38.3 Å². The highest BCUT2D eigenvalue weighted by molar-refractivity contribution is 7.15. The van der Waals surface area contributed by atoms with Crippen LogP contribution in [0, 0.1) is 18.6 Å². The quantitative estimate of drug-likeness (QED) is 0.469. The Balaban J connectivity index is 1.74. The first-order chi connectivity index (χ1) is 13.9. The normalized spacial score (nSPS) is 10.8. The van der Waals surface area contributed by atoms with Gasteiger partial charge in [-0.15, -0.1) is 11.3 Å². The van der Waals surface area contributed by atoms with E-state index in [0.717, 1.165) is 35.3 Å². The van der Waals surface area contributed by atoms with Crippen molar-refractivity contribution in [2.75, 3.05) is 17.2 Å². The van der Waals surface area contributed by atoms with E-state index in [1.165, 1.54) is 17.5 Å². The van der Waals surface area contributed by atoms with Gasteiger partial charge in [-0.05, 0) is 25.6 Å². The van der Waals surface area contributed by atoms with Crippen molar-refractivity contribution in [3.63, 3.8) is 0 Å². The number of aromatic amines is 1. The van der Waals surface area contributed by atoms with Crippen molar-refractivity contribution >= 4 is 34.0 Å². The van der Waals surface area contributed by atoms with E-state index >= 15 is 0 Å². The molecule has 0 radical (unpaired) electrons. The predicted octanol–water partition coefficient (Wildman–Crippen LogP) is 3.07. The van der Waals surface area contributed by atoms with Crippen molar-refractivity contribution in [2.45, 2.75) is 20.4 Å². The van der Waals surface area contributed by atoms with Gasteiger partial charge in [0.25, 0.3) is 11.8 Å². The van der Waals surface area contributed by atoms with Gasteiger partial charge in [0.2, 0.25) is 0 Å². The number of carbonyl (C=O) groups is 2. The zero-order valence-electron chi connectivity index (χ0n) is 15.6. The lowest BCUT2D eigenvalue weighted by molar-refractivity contribution is 0.101. The van der Waals surface area contributed by atoms with Gasteiger partial charge in [0.15, 0.2) is 5.13 Å². The highest BCUT2D eigenvalue weighted by atomic mass is 32.1. The van der Waals surface area contributed by atoms with Crippen LogP contribution in [0.3, 0.4) is 0 Å². The lowest BCUT2D eigenvalue weighted by Gasteiger charge is -2.07. The average Bonchev–Trinajstić information content (AvgIpc) is 3.26. The number of nitrogens with zero attached hydrogens (tertiary/aromatic N) is 2. The maximum Gasteiger partial charge on any atom is 0.277 e. The van der Waals surface area contributed by atoms with E-state index in [0.29, 0.717) is 11.7 Å². The number of nitrogens with one attached hydrogen (secondary N) is 4. The Morgan fingerprint density at radius 2 is 1.90 bits per heavy atom. The molecule has 0 saturated heterocycles. The van der Waals surface area contributed by atoms with Crippen LogP contribution in [0.25, 0.3) is 0 Å². The molecule has 8 nitrogen and oxygen atoms in total. The number of anilines is 2. The van der Waals surface area contributed by atoms with Crippen LogP contribution >= 0.6 is 11.3 Å². The minimum absolute atomic E-state index is 0.0173. The van der Waals surface area contributed by atoms with Gasteiger partial charge in [0.1, 0.15) is 22.9 Å². The summed E-state index contributed by atoms with van der Waals surface area (Å²) in [5, 5.41) is 14.7. The minimum atomic E-state index is -1.03. The number of rotatable bonds is 7. The van der Waals surface area contributed by atoms with E-state index < -0.39 is 29.0 Å². The summed E-state index contributed by atoms with van der Waals surface area (Å²) in [4.78, 5) is 30.1. The third-order valence-corrected chi connectivity index (χ3v) is 5.03. The second-order valence-electron chi connectivity index (χ2n) is 5.97. The van der Waals surface area contributed by atoms with Crippen molar-refractivity contribution in [3.8, 4) is 0 Å². The average molecular weight is 420 g/mol. The number of benzene rings is 1. The summed E-state index contributed by atoms with van der Waals surface area (Å²) in [6.07, 6.45) is 1.18. The van der Waals surface area contributed by atoms with Gasteiger partial charge in [-0.1, -0.05) is 13.0 Å². The molecular weight excluding hydrogens is 402 g/mol. The molecule has 0 aliphatic rings. The number of aryl methyl sites for hydroxylation is 1. The molecule has 0 saturated carbocycles. The van der Waals surface area contributed by atoms with Gasteiger partial charge in [0.05, 0.1) is 17.6 Å². The number of aromatic nitrogens is 3. The van der Waals surface area contributed by atoms with Gasteiger partial charge >= 0.3 is 0 Å². The van der Waals surface area contributed by atoms with Gasteiger partial charge in [-0.3, -0.25) is 20.0 Å². The fourth-order valence-electron chi connectivity index (χ4n) is 2.50. The number of thiazole rings is 1. The van der Waals surface area contributed by atoms with E-state index in [-0.39, 0.29) is 11.4 Å². The third kappa shape index (κ3) is 4.63. The first-order valence-electron chi connectivity index (χ1n) is 8.67. The molecule has 0 unspecified atom stereocenters. The van der Waals surface area contributed by atoms with Gasteiger partial charge in [-0.25, -0.2) is 13.8 Å². The smallest absolute Gasteiger partial charge is 0.277 e. The van der Waals surface area contributed by atoms with Crippen molar-refractivity contribution in [2.24, 2.45) is 0 Å². The van der Waals surface area contributed by atoms with Crippen molar-refractivity contribution in [1.82, 2.24) is 20.5 Å². The Labute approximate surface area is 168 Å². The number of H-pyrrole nitrogens is 1. The van der Waals surface area contributed by atoms with Crippen LogP contribution in [0.2, 0.25) is 0 Å². The molecule has 1 aromatic carbocycles. The SMILES string of the molecule is CCNCc1sc(NC(=O)c2[nH]ncc2NC(=O)c2c(F)cccc2F)nc1C. The summed E-state index contributed by atoms with van der Waals surface area (Å²) in [5.41, 5.74) is -0.0458. The first kappa shape index (κ1) is 20.6. The zero-order valence-corrected chi connectivity index (χ0v) is 16.4. The van der Waals surface area contributed by atoms with Crippen molar-refractivity contribution in [3.05, 3.63) is 57.9 Å². The van der Waals surface area contributed by atoms with Crippen LogP contribution in [0.4, 0.5) is 19.6 Å². The van der Waals surface area contributed by atoms with E-state index in [1.807, 2.05) is 13.8 Å². The second-order valence-corrected chi connectivity index (χ2v) is 7.06.